The van der Waals surface area contributed by atoms with Crippen LogP contribution in [-0.2, 0) is 10.0 Å². The molecule has 0 aliphatic carbocycles. The van der Waals surface area contributed by atoms with Gasteiger partial charge in [-0.1, -0.05) is 20.3 Å². The van der Waals surface area contributed by atoms with Crippen LogP contribution in [0.25, 0.3) is 0 Å². The van der Waals surface area contributed by atoms with Crippen molar-refractivity contribution in [3.8, 4) is 0 Å². The van der Waals surface area contributed by atoms with Gasteiger partial charge in [0.05, 0.1) is 5.75 Å². The average molecular weight is 316 g/mol. The highest BCUT2D eigenvalue weighted by molar-refractivity contribution is 8.00. The number of nitrogens with two attached hydrogens (primary N) is 1. The van der Waals surface area contributed by atoms with E-state index in [0.717, 1.165) is 11.3 Å². The minimum atomic E-state index is -3.21. The second-order valence-corrected chi connectivity index (χ2v) is 8.07. The molecule has 0 fully saturated rings. The number of hydrogen-bond acceptors (Lipinski definition) is 4. The third-order valence-electron chi connectivity index (χ3n) is 3.36. The molecule has 4 nitrogen and oxygen atoms in total. The van der Waals surface area contributed by atoms with Gasteiger partial charge in [-0.3, -0.25) is 0 Å². The Bertz CT molecular complexity index is 500. The van der Waals surface area contributed by atoms with E-state index in [9.17, 15) is 8.42 Å². The van der Waals surface area contributed by atoms with Crippen LogP contribution in [0.5, 0.6) is 0 Å². The Morgan fingerprint density at radius 3 is 2.40 bits per heavy atom. The summed E-state index contributed by atoms with van der Waals surface area (Å²) in [4.78, 5) is 1.03. The van der Waals surface area contributed by atoms with Crippen molar-refractivity contribution in [1.82, 2.24) is 4.72 Å². The molecule has 0 aliphatic heterocycles. The zero-order valence-electron chi connectivity index (χ0n) is 12.3. The summed E-state index contributed by atoms with van der Waals surface area (Å²) in [6.07, 6.45) is 0.962. The van der Waals surface area contributed by atoms with Gasteiger partial charge in [0.15, 0.2) is 0 Å². The first-order valence-corrected chi connectivity index (χ1v) is 9.46. The molecule has 0 spiro atoms. The van der Waals surface area contributed by atoms with Crippen molar-refractivity contribution in [2.45, 2.75) is 38.1 Å². The Kier molecular flexibility index (Phi) is 6.85. The van der Waals surface area contributed by atoms with Crippen LogP contribution in [0.3, 0.4) is 0 Å². The van der Waals surface area contributed by atoms with Crippen LogP contribution in [0.1, 0.15) is 27.2 Å². The third kappa shape index (κ3) is 6.15. The number of rotatable bonds is 8. The van der Waals surface area contributed by atoms with Gasteiger partial charge in [0.2, 0.25) is 10.0 Å². The van der Waals surface area contributed by atoms with Gasteiger partial charge in [0, 0.05) is 22.4 Å². The zero-order chi connectivity index (χ0) is 15.2. The molecular formula is C14H24N2O2S2. The molecule has 0 aromatic heterocycles. The van der Waals surface area contributed by atoms with E-state index in [2.05, 4.69) is 18.6 Å². The van der Waals surface area contributed by atoms with Crippen molar-refractivity contribution in [3.05, 3.63) is 24.3 Å². The average Bonchev–Trinajstić information content (AvgIpc) is 2.39. The summed E-state index contributed by atoms with van der Waals surface area (Å²) in [5.41, 5.74) is 6.32. The molecule has 3 N–H and O–H groups in total. The Labute approximate surface area is 126 Å². The fourth-order valence-corrected chi connectivity index (χ4v) is 4.34. The van der Waals surface area contributed by atoms with Crippen molar-refractivity contribution >= 4 is 27.5 Å². The summed E-state index contributed by atoms with van der Waals surface area (Å²) < 4.78 is 26.7. The van der Waals surface area contributed by atoms with E-state index in [1.54, 1.807) is 0 Å². The summed E-state index contributed by atoms with van der Waals surface area (Å²) in [5.74, 6) is 1.00. The minimum Gasteiger partial charge on any atom is -0.399 e. The fraction of sp³-hybridized carbons (Fsp3) is 0.571. The molecule has 0 amide bonds. The highest BCUT2D eigenvalue weighted by atomic mass is 32.2. The summed E-state index contributed by atoms with van der Waals surface area (Å²) in [7, 11) is -3.21. The fourth-order valence-electron chi connectivity index (χ4n) is 1.65. The Morgan fingerprint density at radius 1 is 1.25 bits per heavy atom. The van der Waals surface area contributed by atoms with Gasteiger partial charge in [-0.25, -0.2) is 13.1 Å². The van der Waals surface area contributed by atoms with E-state index in [1.165, 1.54) is 11.8 Å². The summed E-state index contributed by atoms with van der Waals surface area (Å²) in [6.45, 7) is 6.03. The van der Waals surface area contributed by atoms with Gasteiger partial charge < -0.3 is 5.73 Å². The Hall–Kier alpha value is -0.720. The highest BCUT2D eigenvalue weighted by Gasteiger charge is 2.18. The molecule has 2 unspecified atom stereocenters. The molecule has 0 radical (unpaired) electrons. The second-order valence-electron chi connectivity index (χ2n) is 5.03. The maximum Gasteiger partial charge on any atom is 0.212 e. The third-order valence-corrected chi connectivity index (χ3v) is 6.11. The van der Waals surface area contributed by atoms with Crippen molar-refractivity contribution in [2.75, 3.05) is 17.2 Å². The molecule has 114 valence electrons. The van der Waals surface area contributed by atoms with Gasteiger partial charge >= 0.3 is 0 Å². The van der Waals surface area contributed by atoms with E-state index in [1.807, 2.05) is 31.2 Å². The van der Waals surface area contributed by atoms with E-state index >= 15 is 0 Å². The molecule has 1 aromatic rings. The zero-order valence-corrected chi connectivity index (χ0v) is 13.9. The number of sulfonamides is 1. The van der Waals surface area contributed by atoms with Gasteiger partial charge in [-0.15, -0.1) is 11.8 Å². The standard InChI is InChI=1S/C14H24N2O2S2/c1-4-11(2)12(3)16-20(17,18)10-9-19-14-7-5-13(15)6-8-14/h5-8,11-12,16H,4,9-10,15H2,1-3H3. The van der Waals surface area contributed by atoms with Crippen molar-refractivity contribution in [1.29, 1.82) is 0 Å². The lowest BCUT2D eigenvalue weighted by Gasteiger charge is -2.19. The van der Waals surface area contributed by atoms with Gasteiger partial charge in [0.1, 0.15) is 0 Å². The van der Waals surface area contributed by atoms with Crippen LogP contribution < -0.4 is 10.5 Å². The maximum atomic E-state index is 12.0. The molecule has 0 aliphatic rings. The Balaban J connectivity index is 2.41. The smallest absolute Gasteiger partial charge is 0.212 e. The van der Waals surface area contributed by atoms with E-state index in [0.29, 0.717) is 17.4 Å². The molecule has 2 atom stereocenters. The molecule has 0 heterocycles. The molecule has 1 rings (SSSR count). The van der Waals surface area contributed by atoms with Crippen LogP contribution in [0.4, 0.5) is 5.69 Å². The lowest BCUT2D eigenvalue weighted by Crippen LogP contribution is -2.38. The largest absolute Gasteiger partial charge is 0.399 e. The number of benzene rings is 1. The lowest BCUT2D eigenvalue weighted by molar-refractivity contribution is 0.434. The number of hydrogen-bond donors (Lipinski definition) is 2. The molecular weight excluding hydrogens is 292 g/mol. The molecule has 6 heteroatoms. The van der Waals surface area contributed by atoms with Crippen LogP contribution in [-0.4, -0.2) is 26.0 Å². The molecule has 0 bridgehead atoms. The number of anilines is 1. The first-order valence-electron chi connectivity index (χ1n) is 6.82. The summed E-state index contributed by atoms with van der Waals surface area (Å²) in [6, 6.07) is 7.43. The SMILES string of the molecule is CCC(C)C(C)NS(=O)(=O)CCSc1ccc(N)cc1. The maximum absolute atomic E-state index is 12.0. The summed E-state index contributed by atoms with van der Waals surface area (Å²) >= 11 is 1.52. The summed E-state index contributed by atoms with van der Waals surface area (Å²) in [5, 5.41) is 0. The number of thioether (sulfide) groups is 1. The van der Waals surface area contributed by atoms with Crippen molar-refractivity contribution < 1.29 is 8.42 Å². The van der Waals surface area contributed by atoms with E-state index in [-0.39, 0.29) is 11.8 Å². The quantitative estimate of drug-likeness (QED) is 0.571. The first kappa shape index (κ1) is 17.3. The molecule has 0 saturated heterocycles. The van der Waals surface area contributed by atoms with Crippen LogP contribution >= 0.6 is 11.8 Å². The Morgan fingerprint density at radius 2 is 1.85 bits per heavy atom. The molecule has 20 heavy (non-hydrogen) atoms. The number of nitrogen functional groups attached to an aromatic ring is 1. The first-order chi connectivity index (χ1) is 9.34. The van der Waals surface area contributed by atoms with E-state index < -0.39 is 10.0 Å². The van der Waals surface area contributed by atoms with Crippen molar-refractivity contribution in [3.63, 3.8) is 0 Å². The minimum absolute atomic E-state index is 0.0217. The highest BCUT2D eigenvalue weighted by Crippen LogP contribution is 2.19. The van der Waals surface area contributed by atoms with Gasteiger partial charge in [-0.2, -0.15) is 0 Å². The molecule has 0 saturated carbocycles. The van der Waals surface area contributed by atoms with Crippen LogP contribution in [0.15, 0.2) is 29.2 Å². The lowest BCUT2D eigenvalue weighted by atomic mass is 10.0. The van der Waals surface area contributed by atoms with Gasteiger partial charge in [0.25, 0.3) is 0 Å². The predicted molar refractivity (Wildman–Crippen MR) is 87.4 cm³/mol. The van der Waals surface area contributed by atoms with Gasteiger partial charge in [-0.05, 0) is 37.1 Å². The number of nitrogens with one attached hydrogen (secondary N) is 1. The monoisotopic (exact) mass is 316 g/mol. The van der Waals surface area contributed by atoms with Crippen LogP contribution in [0.2, 0.25) is 0 Å². The van der Waals surface area contributed by atoms with E-state index in [4.69, 9.17) is 5.73 Å². The normalized spacial score (nSPS) is 14.9. The molecule has 1 aromatic carbocycles. The second kappa shape index (κ2) is 7.90. The topological polar surface area (TPSA) is 72.2 Å². The van der Waals surface area contributed by atoms with Crippen molar-refractivity contribution in [2.24, 2.45) is 5.92 Å². The van der Waals surface area contributed by atoms with Crippen LogP contribution in [0, 0.1) is 5.92 Å². The predicted octanol–water partition coefficient (Wildman–Crippen LogP) is 2.71.